The highest BCUT2D eigenvalue weighted by Gasteiger charge is 2.03. The summed E-state index contributed by atoms with van der Waals surface area (Å²) in [7, 11) is 0. The van der Waals surface area contributed by atoms with Gasteiger partial charge in [0.15, 0.2) is 5.78 Å². The van der Waals surface area contributed by atoms with E-state index in [9.17, 15) is 4.79 Å². The number of ketones is 1. The zero-order chi connectivity index (χ0) is 12.7. The molecule has 0 saturated carbocycles. The minimum Gasteiger partial charge on any atom is -0.398 e. The summed E-state index contributed by atoms with van der Waals surface area (Å²) in [5.74, 6) is -0.0492. The lowest BCUT2D eigenvalue weighted by atomic mass is 10.1. The lowest BCUT2D eigenvalue weighted by Crippen LogP contribution is -1.99. The first-order valence-corrected chi connectivity index (χ1v) is 5.23. The van der Waals surface area contributed by atoms with Crippen molar-refractivity contribution in [3.05, 3.63) is 45.8 Å². The van der Waals surface area contributed by atoms with Gasteiger partial charge in [-0.05, 0) is 36.6 Å². The van der Waals surface area contributed by atoms with Crippen LogP contribution in [0.1, 0.15) is 29.3 Å². The third-order valence-electron chi connectivity index (χ3n) is 2.23. The lowest BCUT2D eigenvalue weighted by molar-refractivity contribution is 0.101. The molecule has 5 nitrogen and oxygen atoms in total. The predicted octanol–water partition coefficient (Wildman–Crippen LogP) is 3.19. The maximum atomic E-state index is 11.3. The van der Waals surface area contributed by atoms with Crippen LogP contribution in [0.15, 0.2) is 29.4 Å². The van der Waals surface area contributed by atoms with Gasteiger partial charge in [0.1, 0.15) is 0 Å². The maximum absolute atomic E-state index is 11.3. The Morgan fingerprint density at radius 2 is 2.35 bits per heavy atom. The monoisotopic (exact) mass is 230 g/mol. The molecule has 0 aliphatic heterocycles. The van der Waals surface area contributed by atoms with Gasteiger partial charge >= 0.3 is 0 Å². The van der Waals surface area contributed by atoms with Gasteiger partial charge in [-0.3, -0.25) is 4.79 Å². The van der Waals surface area contributed by atoms with Crippen molar-refractivity contribution in [2.45, 2.75) is 13.3 Å². The number of benzene rings is 1. The molecule has 0 fully saturated rings. The Labute approximate surface area is 99.6 Å². The van der Waals surface area contributed by atoms with E-state index in [1.807, 2.05) is 18.2 Å². The first-order chi connectivity index (χ1) is 8.15. The number of carbonyl (C=O) groups excluding carboxylic acids is 1. The van der Waals surface area contributed by atoms with Gasteiger partial charge < -0.3 is 5.73 Å². The second-order valence-corrected chi connectivity index (χ2v) is 3.55. The SMILES string of the molecule is CC(=O)c1cc(C=CCCN=[N+]=[N-])ccc1N. The third kappa shape index (κ3) is 4.01. The fraction of sp³-hybridized carbons (Fsp3) is 0.250. The molecule has 0 aromatic heterocycles. The van der Waals surface area contributed by atoms with E-state index in [-0.39, 0.29) is 5.78 Å². The summed E-state index contributed by atoms with van der Waals surface area (Å²) in [6.07, 6.45) is 4.44. The number of carbonyl (C=O) groups is 1. The summed E-state index contributed by atoms with van der Waals surface area (Å²) < 4.78 is 0. The molecule has 0 unspecified atom stereocenters. The minimum atomic E-state index is -0.0492. The average molecular weight is 230 g/mol. The first-order valence-electron chi connectivity index (χ1n) is 5.23. The number of nitrogens with two attached hydrogens (primary N) is 1. The van der Waals surface area contributed by atoms with Crippen molar-refractivity contribution < 1.29 is 4.79 Å². The van der Waals surface area contributed by atoms with Gasteiger partial charge in [0.2, 0.25) is 0 Å². The van der Waals surface area contributed by atoms with E-state index in [0.717, 1.165) is 5.56 Å². The quantitative estimate of drug-likeness (QED) is 0.210. The fourth-order valence-corrected chi connectivity index (χ4v) is 1.38. The summed E-state index contributed by atoms with van der Waals surface area (Å²) in [4.78, 5) is 13.9. The second-order valence-electron chi connectivity index (χ2n) is 3.55. The predicted molar refractivity (Wildman–Crippen MR) is 68.5 cm³/mol. The zero-order valence-corrected chi connectivity index (χ0v) is 9.63. The van der Waals surface area contributed by atoms with Gasteiger partial charge in [-0.25, -0.2) is 0 Å². The molecule has 0 aliphatic rings. The molecule has 17 heavy (non-hydrogen) atoms. The Bertz CT molecular complexity index is 487. The molecular weight excluding hydrogens is 216 g/mol. The van der Waals surface area contributed by atoms with E-state index in [1.54, 1.807) is 12.1 Å². The summed E-state index contributed by atoms with van der Waals surface area (Å²) in [6, 6.07) is 5.30. The molecule has 2 N–H and O–H groups in total. The third-order valence-corrected chi connectivity index (χ3v) is 2.23. The normalized spacial score (nSPS) is 10.2. The molecular formula is C12H14N4O. The van der Waals surface area contributed by atoms with Crippen LogP contribution in [-0.4, -0.2) is 12.3 Å². The van der Waals surface area contributed by atoms with E-state index in [1.165, 1.54) is 6.92 Å². The van der Waals surface area contributed by atoms with Crippen molar-refractivity contribution in [3.8, 4) is 0 Å². The van der Waals surface area contributed by atoms with Crippen LogP contribution in [0.3, 0.4) is 0 Å². The molecule has 0 atom stereocenters. The molecule has 1 rings (SSSR count). The highest BCUT2D eigenvalue weighted by molar-refractivity contribution is 5.99. The van der Waals surface area contributed by atoms with Gasteiger partial charge in [-0.2, -0.15) is 0 Å². The molecule has 0 aliphatic carbocycles. The van der Waals surface area contributed by atoms with Crippen molar-refractivity contribution in [1.82, 2.24) is 0 Å². The van der Waals surface area contributed by atoms with Crippen molar-refractivity contribution in [2.75, 3.05) is 12.3 Å². The number of hydrogen-bond acceptors (Lipinski definition) is 3. The van der Waals surface area contributed by atoms with E-state index >= 15 is 0 Å². The molecule has 0 amide bonds. The number of nitrogen functional groups attached to an aromatic ring is 1. The molecule has 0 bridgehead atoms. The molecule has 88 valence electrons. The standard InChI is InChI=1S/C12H14N4O/c1-9(17)11-8-10(5-6-12(11)13)4-2-3-7-15-16-14/h2,4-6,8H,3,7,13H2,1H3. The highest BCUT2D eigenvalue weighted by Crippen LogP contribution is 2.16. The fourth-order valence-electron chi connectivity index (χ4n) is 1.38. The van der Waals surface area contributed by atoms with Crippen LogP contribution in [0.4, 0.5) is 5.69 Å². The molecule has 0 spiro atoms. The summed E-state index contributed by atoms with van der Waals surface area (Å²) >= 11 is 0. The van der Waals surface area contributed by atoms with E-state index in [2.05, 4.69) is 10.0 Å². The zero-order valence-electron chi connectivity index (χ0n) is 9.63. The number of Topliss-reactive ketones (excluding diaryl/α,β-unsaturated/α-hetero) is 1. The Kier molecular flexibility index (Phi) is 4.78. The van der Waals surface area contributed by atoms with E-state index in [0.29, 0.717) is 24.2 Å². The van der Waals surface area contributed by atoms with Crippen LogP contribution in [0, 0.1) is 0 Å². The number of azide groups is 1. The number of nitrogens with zero attached hydrogens (tertiary/aromatic N) is 3. The van der Waals surface area contributed by atoms with Crippen LogP contribution in [0.5, 0.6) is 0 Å². The summed E-state index contributed by atoms with van der Waals surface area (Å²) in [5.41, 5.74) is 15.7. The molecule has 0 heterocycles. The largest absolute Gasteiger partial charge is 0.398 e. The second kappa shape index (κ2) is 6.35. The van der Waals surface area contributed by atoms with Crippen LogP contribution >= 0.6 is 0 Å². The molecule has 1 aromatic rings. The number of rotatable bonds is 5. The Morgan fingerprint density at radius 3 is 3.00 bits per heavy atom. The van der Waals surface area contributed by atoms with Gasteiger partial charge in [0.05, 0.1) is 0 Å². The molecule has 1 aromatic carbocycles. The summed E-state index contributed by atoms with van der Waals surface area (Å²) in [6.45, 7) is 1.92. The average Bonchev–Trinajstić information content (AvgIpc) is 2.30. The van der Waals surface area contributed by atoms with Gasteiger partial charge in [-0.15, -0.1) is 0 Å². The van der Waals surface area contributed by atoms with Gasteiger partial charge in [0.25, 0.3) is 0 Å². The Morgan fingerprint density at radius 1 is 1.59 bits per heavy atom. The van der Waals surface area contributed by atoms with Crippen LogP contribution in [0.2, 0.25) is 0 Å². The van der Waals surface area contributed by atoms with Crippen molar-refractivity contribution in [1.29, 1.82) is 0 Å². The maximum Gasteiger partial charge on any atom is 0.161 e. The van der Waals surface area contributed by atoms with E-state index in [4.69, 9.17) is 11.3 Å². The highest BCUT2D eigenvalue weighted by atomic mass is 16.1. The Balaban J connectivity index is 2.75. The van der Waals surface area contributed by atoms with Crippen LogP contribution in [-0.2, 0) is 0 Å². The lowest BCUT2D eigenvalue weighted by Gasteiger charge is -2.02. The van der Waals surface area contributed by atoms with Gasteiger partial charge in [0, 0.05) is 22.7 Å². The van der Waals surface area contributed by atoms with Crippen molar-refractivity contribution >= 4 is 17.5 Å². The topological polar surface area (TPSA) is 91.8 Å². The molecule has 5 heteroatoms. The van der Waals surface area contributed by atoms with E-state index < -0.39 is 0 Å². The molecule has 0 saturated heterocycles. The Hall–Kier alpha value is -2.26. The smallest absolute Gasteiger partial charge is 0.161 e. The summed E-state index contributed by atoms with van der Waals surface area (Å²) in [5, 5.41) is 3.42. The van der Waals surface area contributed by atoms with Gasteiger partial charge in [-0.1, -0.05) is 23.3 Å². The van der Waals surface area contributed by atoms with Crippen LogP contribution in [0.25, 0.3) is 16.5 Å². The number of anilines is 1. The van der Waals surface area contributed by atoms with Crippen molar-refractivity contribution in [2.24, 2.45) is 5.11 Å². The first kappa shape index (κ1) is 12.8. The van der Waals surface area contributed by atoms with Crippen LogP contribution < -0.4 is 5.73 Å². The minimum absolute atomic E-state index is 0.0492. The van der Waals surface area contributed by atoms with Crippen molar-refractivity contribution in [3.63, 3.8) is 0 Å². The number of hydrogen-bond donors (Lipinski definition) is 1. The molecule has 0 radical (unpaired) electrons.